The third-order valence-corrected chi connectivity index (χ3v) is 6.95. The molecule has 9 heteroatoms. The maximum Gasteiger partial charge on any atom is 0.244 e. The van der Waals surface area contributed by atoms with Crippen molar-refractivity contribution < 1.29 is 22.7 Å². The number of amides is 2. The quantitative estimate of drug-likeness (QED) is 0.393. The molecule has 2 amide bonds. The molecule has 0 heterocycles. The summed E-state index contributed by atoms with van der Waals surface area (Å²) >= 11 is 0. The number of nitrogens with zero attached hydrogens (tertiary/aromatic N) is 2. The molecule has 3 aromatic carbocycles. The Bertz CT molecular complexity index is 1280. The summed E-state index contributed by atoms with van der Waals surface area (Å²) in [5, 5.41) is 2.66. The highest BCUT2D eigenvalue weighted by atomic mass is 32.2. The molecule has 8 nitrogen and oxygen atoms in total. The van der Waals surface area contributed by atoms with Gasteiger partial charge in [-0.15, -0.1) is 0 Å². The lowest BCUT2D eigenvalue weighted by Crippen LogP contribution is -2.52. The monoisotopic (exact) mass is 523 g/mol. The van der Waals surface area contributed by atoms with E-state index in [0.717, 1.165) is 21.7 Å². The molecule has 0 aliphatic carbocycles. The number of anilines is 1. The number of carbonyl (C=O) groups is 2. The molecule has 0 aliphatic heterocycles. The molecular weight excluding hydrogens is 490 g/mol. The van der Waals surface area contributed by atoms with E-state index >= 15 is 0 Å². The van der Waals surface area contributed by atoms with Gasteiger partial charge in [-0.05, 0) is 30.2 Å². The summed E-state index contributed by atoms with van der Waals surface area (Å²) in [7, 11) is -2.34. The van der Waals surface area contributed by atoms with Crippen LogP contribution in [0.15, 0.2) is 84.9 Å². The number of hydrogen-bond acceptors (Lipinski definition) is 5. The molecule has 0 saturated heterocycles. The zero-order valence-corrected chi connectivity index (χ0v) is 22.1. The Morgan fingerprint density at radius 3 is 2.03 bits per heavy atom. The lowest BCUT2D eigenvalue weighted by atomic mass is 10.0. The zero-order valence-electron chi connectivity index (χ0n) is 21.3. The topological polar surface area (TPSA) is 96.0 Å². The van der Waals surface area contributed by atoms with Crippen LogP contribution in [0, 0.1) is 0 Å². The molecule has 0 bridgehead atoms. The average Bonchev–Trinajstić information content (AvgIpc) is 2.90. The largest absolute Gasteiger partial charge is 0.492 e. The Hall–Kier alpha value is -3.85. The van der Waals surface area contributed by atoms with Crippen molar-refractivity contribution >= 4 is 27.5 Å². The Kier molecular flexibility index (Phi) is 9.68. The van der Waals surface area contributed by atoms with Crippen molar-refractivity contribution in [2.45, 2.75) is 25.9 Å². The van der Waals surface area contributed by atoms with E-state index in [4.69, 9.17) is 4.74 Å². The van der Waals surface area contributed by atoms with Gasteiger partial charge in [0.2, 0.25) is 21.8 Å². The average molecular weight is 524 g/mol. The van der Waals surface area contributed by atoms with Crippen molar-refractivity contribution in [2.24, 2.45) is 0 Å². The van der Waals surface area contributed by atoms with Crippen molar-refractivity contribution in [1.29, 1.82) is 0 Å². The molecule has 1 unspecified atom stereocenters. The van der Waals surface area contributed by atoms with Gasteiger partial charge < -0.3 is 15.0 Å². The van der Waals surface area contributed by atoms with Crippen LogP contribution in [0.25, 0.3) is 0 Å². The van der Waals surface area contributed by atoms with Crippen molar-refractivity contribution in [3.8, 4) is 5.75 Å². The zero-order chi connectivity index (χ0) is 26.8. The number of ether oxygens (including phenoxy) is 1. The number of rotatable bonds is 12. The SMILES string of the molecule is CCOc1ccccc1N(CC(=O)N(Cc1ccccc1)C(Cc1ccccc1)C(=O)NC)S(C)(=O)=O. The molecule has 1 N–H and O–H groups in total. The highest BCUT2D eigenvalue weighted by molar-refractivity contribution is 7.92. The minimum Gasteiger partial charge on any atom is -0.492 e. The van der Waals surface area contributed by atoms with Gasteiger partial charge in [-0.2, -0.15) is 0 Å². The normalized spacial score (nSPS) is 11.9. The maximum absolute atomic E-state index is 13.9. The van der Waals surface area contributed by atoms with Crippen LogP contribution >= 0.6 is 0 Å². The van der Waals surface area contributed by atoms with Gasteiger partial charge in [-0.25, -0.2) is 8.42 Å². The van der Waals surface area contributed by atoms with Crippen molar-refractivity contribution in [1.82, 2.24) is 10.2 Å². The van der Waals surface area contributed by atoms with Gasteiger partial charge >= 0.3 is 0 Å². The minimum atomic E-state index is -3.87. The van der Waals surface area contributed by atoms with Crippen molar-refractivity contribution in [3.05, 3.63) is 96.1 Å². The summed E-state index contributed by atoms with van der Waals surface area (Å²) in [5.41, 5.74) is 1.96. The third-order valence-electron chi connectivity index (χ3n) is 5.83. The second-order valence-electron chi connectivity index (χ2n) is 8.50. The van der Waals surface area contributed by atoms with E-state index in [1.165, 1.54) is 11.9 Å². The lowest BCUT2D eigenvalue weighted by molar-refractivity contribution is -0.139. The summed E-state index contributed by atoms with van der Waals surface area (Å²) in [4.78, 5) is 28.4. The second kappa shape index (κ2) is 12.9. The molecule has 1 atom stereocenters. The first kappa shape index (κ1) is 27.7. The van der Waals surface area contributed by atoms with Crippen LogP contribution < -0.4 is 14.4 Å². The fourth-order valence-corrected chi connectivity index (χ4v) is 4.89. The van der Waals surface area contributed by atoms with Crippen LogP contribution in [0.1, 0.15) is 18.1 Å². The van der Waals surface area contributed by atoms with Crippen LogP contribution in [0.2, 0.25) is 0 Å². The molecule has 3 rings (SSSR count). The van der Waals surface area contributed by atoms with E-state index in [0.29, 0.717) is 12.4 Å². The highest BCUT2D eigenvalue weighted by Crippen LogP contribution is 2.30. The van der Waals surface area contributed by atoms with Crippen molar-refractivity contribution in [2.75, 3.05) is 30.8 Å². The summed E-state index contributed by atoms with van der Waals surface area (Å²) in [6.45, 7) is 1.78. The van der Waals surface area contributed by atoms with Crippen LogP contribution in [0.3, 0.4) is 0 Å². The number of sulfonamides is 1. The van der Waals surface area contributed by atoms with Gasteiger partial charge in [0, 0.05) is 20.0 Å². The van der Waals surface area contributed by atoms with Gasteiger partial charge in [0.15, 0.2) is 0 Å². The van der Waals surface area contributed by atoms with Crippen LogP contribution in [-0.4, -0.2) is 57.6 Å². The van der Waals surface area contributed by atoms with E-state index in [-0.39, 0.29) is 24.6 Å². The molecular formula is C28H33N3O5S. The predicted molar refractivity (Wildman–Crippen MR) is 145 cm³/mol. The molecule has 37 heavy (non-hydrogen) atoms. The van der Waals surface area contributed by atoms with Gasteiger partial charge in [-0.1, -0.05) is 72.8 Å². The molecule has 0 fully saturated rings. The predicted octanol–water partition coefficient (Wildman–Crippen LogP) is 3.24. The fourth-order valence-electron chi connectivity index (χ4n) is 4.04. The summed E-state index contributed by atoms with van der Waals surface area (Å²) in [5.74, 6) is -0.496. The first-order valence-corrected chi connectivity index (χ1v) is 13.9. The standard InChI is InChI=1S/C28H33N3O5S/c1-4-36-26-18-12-11-17-24(26)31(37(3,34)35)21-27(32)30(20-23-15-9-6-10-16-23)25(28(33)29-2)19-22-13-7-5-8-14-22/h5-18,25H,4,19-21H2,1-3H3,(H,29,33). The second-order valence-corrected chi connectivity index (χ2v) is 10.4. The van der Waals surface area contributed by atoms with E-state index in [9.17, 15) is 18.0 Å². The first-order valence-electron chi connectivity index (χ1n) is 12.0. The van der Waals surface area contributed by atoms with Gasteiger partial charge in [0.25, 0.3) is 0 Å². The molecule has 0 aliphatic rings. The maximum atomic E-state index is 13.9. The van der Waals surface area contributed by atoms with Crippen LogP contribution in [0.4, 0.5) is 5.69 Å². The lowest BCUT2D eigenvalue weighted by Gasteiger charge is -2.33. The van der Waals surface area contributed by atoms with E-state index < -0.39 is 28.5 Å². The third kappa shape index (κ3) is 7.57. The minimum absolute atomic E-state index is 0.134. The van der Waals surface area contributed by atoms with Gasteiger partial charge in [-0.3, -0.25) is 13.9 Å². The van der Waals surface area contributed by atoms with Crippen molar-refractivity contribution in [3.63, 3.8) is 0 Å². The van der Waals surface area contributed by atoms with Crippen LogP contribution in [-0.2, 0) is 32.6 Å². The Morgan fingerprint density at radius 1 is 0.892 bits per heavy atom. The molecule has 3 aromatic rings. The Labute approximate surface area is 218 Å². The molecule has 196 valence electrons. The number of nitrogens with one attached hydrogen (secondary N) is 1. The highest BCUT2D eigenvalue weighted by Gasteiger charge is 2.33. The Balaban J connectivity index is 2.03. The summed E-state index contributed by atoms with van der Waals surface area (Å²) in [6, 6.07) is 24.5. The smallest absolute Gasteiger partial charge is 0.244 e. The van der Waals surface area contributed by atoms with Crippen LogP contribution in [0.5, 0.6) is 5.75 Å². The number of likely N-dealkylation sites (N-methyl/N-ethyl adjacent to an activating group) is 1. The summed E-state index contributed by atoms with van der Waals surface area (Å²) in [6.07, 6.45) is 1.32. The van der Waals surface area contributed by atoms with Gasteiger partial charge in [0.1, 0.15) is 18.3 Å². The van der Waals surface area contributed by atoms with E-state index in [1.54, 1.807) is 31.2 Å². The Morgan fingerprint density at radius 2 is 1.46 bits per heavy atom. The molecule has 0 saturated carbocycles. The van der Waals surface area contributed by atoms with Gasteiger partial charge in [0.05, 0.1) is 18.6 Å². The fraction of sp³-hybridized carbons (Fsp3) is 0.286. The molecule has 0 aromatic heterocycles. The number of hydrogen-bond donors (Lipinski definition) is 1. The molecule has 0 radical (unpaired) electrons. The summed E-state index contributed by atoms with van der Waals surface area (Å²) < 4.78 is 32.4. The number of carbonyl (C=O) groups excluding carboxylic acids is 2. The first-order chi connectivity index (χ1) is 17.7. The number of para-hydroxylation sites is 2. The van der Waals surface area contributed by atoms with E-state index in [2.05, 4.69) is 5.32 Å². The number of benzene rings is 3. The van der Waals surface area contributed by atoms with E-state index in [1.807, 2.05) is 60.7 Å². The molecule has 0 spiro atoms.